The molecule has 6 nitrogen and oxygen atoms in total. The lowest BCUT2D eigenvalue weighted by Gasteiger charge is -2.34. The van der Waals surface area contributed by atoms with Crippen molar-refractivity contribution in [1.82, 2.24) is 9.21 Å². The van der Waals surface area contributed by atoms with Crippen molar-refractivity contribution in [1.29, 1.82) is 0 Å². The third kappa shape index (κ3) is 5.73. The van der Waals surface area contributed by atoms with Gasteiger partial charge >= 0.3 is 0 Å². The number of amides is 1. The summed E-state index contributed by atoms with van der Waals surface area (Å²) in [6.45, 7) is 9.49. The number of hydrogen-bond donors (Lipinski definition) is 0. The lowest BCUT2D eigenvalue weighted by atomic mass is 10.1. The van der Waals surface area contributed by atoms with Crippen molar-refractivity contribution in [2.24, 2.45) is 0 Å². The Kier molecular flexibility index (Phi) is 7.51. The number of carbonyl (C=O) groups excluding carboxylic acids is 1. The minimum Gasteiger partial charge on any atom is -0.373 e. The van der Waals surface area contributed by atoms with Crippen LogP contribution in [0.15, 0.2) is 53.4 Å². The van der Waals surface area contributed by atoms with Gasteiger partial charge in [-0.15, -0.1) is 0 Å². The number of carbonyl (C=O) groups is 1. The summed E-state index contributed by atoms with van der Waals surface area (Å²) in [6.07, 6.45) is 0.481. The molecule has 0 bridgehead atoms. The van der Waals surface area contributed by atoms with Crippen LogP contribution in [-0.2, 0) is 21.3 Å². The predicted octanol–water partition coefficient (Wildman–Crippen LogP) is 3.85. The van der Waals surface area contributed by atoms with Gasteiger partial charge in [0.05, 0.1) is 17.1 Å². The Bertz CT molecular complexity index is 994. The lowest BCUT2D eigenvalue weighted by Crippen LogP contribution is -2.48. The van der Waals surface area contributed by atoms with E-state index in [1.165, 1.54) is 15.9 Å². The molecule has 0 N–H and O–H groups in total. The molecule has 0 spiro atoms. The van der Waals surface area contributed by atoms with Crippen molar-refractivity contribution < 1.29 is 17.9 Å². The second-order valence-corrected chi connectivity index (χ2v) is 10.3. The highest BCUT2D eigenvalue weighted by molar-refractivity contribution is 7.89. The van der Waals surface area contributed by atoms with Gasteiger partial charge in [-0.3, -0.25) is 4.79 Å². The van der Waals surface area contributed by atoms with E-state index in [4.69, 9.17) is 4.74 Å². The van der Waals surface area contributed by atoms with Crippen LogP contribution in [0.4, 0.5) is 0 Å². The van der Waals surface area contributed by atoms with E-state index in [2.05, 4.69) is 0 Å². The van der Waals surface area contributed by atoms with Crippen LogP contribution >= 0.6 is 0 Å². The van der Waals surface area contributed by atoms with Crippen molar-refractivity contribution in [2.75, 3.05) is 19.6 Å². The molecule has 0 saturated carbocycles. The van der Waals surface area contributed by atoms with Gasteiger partial charge in [0.25, 0.3) is 5.91 Å². The first-order valence-electron chi connectivity index (χ1n) is 10.8. The van der Waals surface area contributed by atoms with Gasteiger partial charge in [-0.1, -0.05) is 42.8 Å². The molecule has 31 heavy (non-hydrogen) atoms. The number of rotatable bonds is 7. The van der Waals surface area contributed by atoms with E-state index in [1.807, 2.05) is 52.0 Å². The largest absolute Gasteiger partial charge is 0.373 e. The van der Waals surface area contributed by atoms with Gasteiger partial charge < -0.3 is 9.64 Å². The van der Waals surface area contributed by atoms with Gasteiger partial charge in [-0.05, 0) is 51.0 Å². The highest BCUT2D eigenvalue weighted by Gasteiger charge is 2.32. The zero-order valence-corrected chi connectivity index (χ0v) is 19.6. The van der Waals surface area contributed by atoms with Crippen molar-refractivity contribution in [3.05, 3.63) is 65.2 Å². The standard InChI is InChI=1S/C24H32N2O4S/c1-5-13-25(17-21-11-9-18(2)10-12-21)24(27)22-7-6-8-23(14-22)31(28,29)26-15-19(3)30-20(4)16-26/h6-12,14,19-20H,5,13,15-17H2,1-4H3. The Morgan fingerprint density at radius 1 is 1.10 bits per heavy atom. The summed E-state index contributed by atoms with van der Waals surface area (Å²) in [5, 5.41) is 0. The highest BCUT2D eigenvalue weighted by atomic mass is 32.2. The SMILES string of the molecule is CCCN(Cc1ccc(C)cc1)C(=O)c1cccc(S(=O)(=O)N2CC(C)OC(C)C2)c1. The van der Waals surface area contributed by atoms with Crippen molar-refractivity contribution >= 4 is 15.9 Å². The van der Waals surface area contributed by atoms with E-state index in [1.54, 1.807) is 23.1 Å². The fourth-order valence-electron chi connectivity index (χ4n) is 3.88. The molecule has 168 valence electrons. The normalized spacial score (nSPS) is 19.9. The summed E-state index contributed by atoms with van der Waals surface area (Å²) < 4.78 is 33.5. The molecular weight excluding hydrogens is 412 g/mol. The quantitative estimate of drug-likeness (QED) is 0.651. The molecule has 2 aromatic carbocycles. The van der Waals surface area contributed by atoms with Crippen molar-refractivity contribution in [2.45, 2.75) is 57.8 Å². The first-order valence-corrected chi connectivity index (χ1v) is 12.2. The molecule has 3 rings (SSSR count). The Morgan fingerprint density at radius 2 is 1.74 bits per heavy atom. The molecule has 0 aliphatic carbocycles. The first-order chi connectivity index (χ1) is 14.7. The van der Waals surface area contributed by atoms with Crippen LogP contribution in [0, 0.1) is 6.92 Å². The summed E-state index contributed by atoms with van der Waals surface area (Å²) in [4.78, 5) is 15.2. The number of sulfonamides is 1. The number of ether oxygens (including phenoxy) is 1. The van der Waals surface area contributed by atoms with Gasteiger partial charge in [0.15, 0.2) is 0 Å². The molecule has 0 radical (unpaired) electrons. The molecule has 7 heteroatoms. The number of morpholine rings is 1. The molecule has 1 heterocycles. The van der Waals surface area contributed by atoms with Crippen LogP contribution in [0.2, 0.25) is 0 Å². The molecule has 2 atom stereocenters. The average Bonchev–Trinajstić information content (AvgIpc) is 2.74. The number of aryl methyl sites for hydroxylation is 1. The van der Waals surface area contributed by atoms with Crippen LogP contribution < -0.4 is 0 Å². The maximum atomic E-state index is 13.3. The molecule has 1 saturated heterocycles. The molecule has 2 unspecified atom stereocenters. The summed E-state index contributed by atoms with van der Waals surface area (Å²) in [5.74, 6) is -0.164. The van der Waals surface area contributed by atoms with Gasteiger partial charge in [-0.2, -0.15) is 4.31 Å². The van der Waals surface area contributed by atoms with E-state index in [-0.39, 0.29) is 23.0 Å². The fraction of sp³-hybridized carbons (Fsp3) is 0.458. The van der Waals surface area contributed by atoms with Crippen LogP contribution in [-0.4, -0.2) is 55.4 Å². The second kappa shape index (κ2) is 9.94. The summed E-state index contributed by atoms with van der Waals surface area (Å²) in [7, 11) is -3.70. The Hall–Kier alpha value is -2.22. The van der Waals surface area contributed by atoms with Gasteiger partial charge in [0.2, 0.25) is 10.0 Å². The van der Waals surface area contributed by atoms with Crippen molar-refractivity contribution in [3.8, 4) is 0 Å². The van der Waals surface area contributed by atoms with E-state index >= 15 is 0 Å². The zero-order chi connectivity index (χ0) is 22.6. The molecular formula is C24H32N2O4S. The number of hydrogen-bond acceptors (Lipinski definition) is 4. The lowest BCUT2D eigenvalue weighted by molar-refractivity contribution is -0.0440. The number of nitrogens with zero attached hydrogens (tertiary/aromatic N) is 2. The Labute approximate surface area is 185 Å². The van der Waals surface area contributed by atoms with Crippen LogP contribution in [0.3, 0.4) is 0 Å². The fourth-order valence-corrected chi connectivity index (χ4v) is 5.52. The van der Waals surface area contributed by atoms with Gasteiger partial charge in [0, 0.05) is 31.7 Å². The monoisotopic (exact) mass is 444 g/mol. The molecule has 1 aliphatic rings. The highest BCUT2D eigenvalue weighted by Crippen LogP contribution is 2.23. The smallest absolute Gasteiger partial charge is 0.254 e. The first kappa shape index (κ1) is 23.4. The number of benzene rings is 2. The summed E-state index contributed by atoms with van der Waals surface area (Å²) >= 11 is 0. The zero-order valence-electron chi connectivity index (χ0n) is 18.7. The molecule has 0 aromatic heterocycles. The second-order valence-electron chi connectivity index (χ2n) is 8.32. The van der Waals surface area contributed by atoms with Gasteiger partial charge in [0.1, 0.15) is 0 Å². The topological polar surface area (TPSA) is 66.9 Å². The van der Waals surface area contributed by atoms with Crippen LogP contribution in [0.5, 0.6) is 0 Å². The van der Waals surface area contributed by atoms with Crippen LogP contribution in [0.25, 0.3) is 0 Å². The minimum absolute atomic E-state index is 0.145. The van der Waals surface area contributed by atoms with E-state index in [0.29, 0.717) is 31.7 Å². The Balaban J connectivity index is 1.84. The maximum absolute atomic E-state index is 13.3. The van der Waals surface area contributed by atoms with E-state index in [9.17, 15) is 13.2 Å². The summed E-state index contributed by atoms with van der Waals surface area (Å²) in [6, 6.07) is 14.5. The van der Waals surface area contributed by atoms with Crippen LogP contribution in [0.1, 0.15) is 48.7 Å². The summed E-state index contributed by atoms with van der Waals surface area (Å²) in [5.41, 5.74) is 2.60. The van der Waals surface area contributed by atoms with E-state index in [0.717, 1.165) is 12.0 Å². The third-order valence-electron chi connectivity index (χ3n) is 5.38. The minimum atomic E-state index is -3.70. The van der Waals surface area contributed by atoms with Crippen molar-refractivity contribution in [3.63, 3.8) is 0 Å². The molecule has 1 aliphatic heterocycles. The predicted molar refractivity (Wildman–Crippen MR) is 121 cm³/mol. The Morgan fingerprint density at radius 3 is 2.35 bits per heavy atom. The van der Waals surface area contributed by atoms with Gasteiger partial charge in [-0.25, -0.2) is 8.42 Å². The molecule has 1 amide bonds. The molecule has 1 fully saturated rings. The third-order valence-corrected chi connectivity index (χ3v) is 7.21. The van der Waals surface area contributed by atoms with E-state index < -0.39 is 10.0 Å². The maximum Gasteiger partial charge on any atom is 0.254 e. The average molecular weight is 445 g/mol. The molecule has 2 aromatic rings.